The monoisotopic (exact) mass is 634 g/mol. The van der Waals surface area contributed by atoms with Crippen molar-refractivity contribution in [2.45, 2.75) is 73.1 Å². The molecule has 1 unspecified atom stereocenters. The number of carboxylic acid groups (broad SMARTS) is 1. The van der Waals surface area contributed by atoms with Crippen molar-refractivity contribution in [1.82, 2.24) is 19.7 Å². The molecule has 1 N–H and O–H groups in total. The lowest BCUT2D eigenvalue weighted by molar-refractivity contribution is -0.123. The number of piperidine rings is 1. The van der Waals surface area contributed by atoms with Gasteiger partial charge in [-0.1, -0.05) is 36.1 Å². The summed E-state index contributed by atoms with van der Waals surface area (Å²) in [5.41, 5.74) is 2.48. The Bertz CT molecular complexity index is 1370. The van der Waals surface area contributed by atoms with Gasteiger partial charge in [-0.2, -0.15) is 0 Å². The van der Waals surface area contributed by atoms with Crippen LogP contribution < -0.4 is 0 Å². The van der Waals surface area contributed by atoms with Crippen LogP contribution in [0.4, 0.5) is 4.39 Å². The van der Waals surface area contributed by atoms with E-state index in [0.717, 1.165) is 92.5 Å². The Morgan fingerprint density at radius 3 is 2.56 bits per heavy atom. The summed E-state index contributed by atoms with van der Waals surface area (Å²) in [7, 11) is 2.15. The minimum Gasteiger partial charge on any atom is -0.478 e. The molecule has 0 saturated carbocycles. The molecular formula is C35H43FN4O4S. The number of nitrogens with zero attached hydrogens (tertiary/aromatic N) is 4. The molecule has 0 radical (unpaired) electrons. The number of likely N-dealkylation sites (tertiary alicyclic amines) is 1. The molecule has 1 atom stereocenters. The number of allylic oxidation sites excluding steroid dienone is 4. The Balaban J connectivity index is 1.19. The quantitative estimate of drug-likeness (QED) is 0.286. The van der Waals surface area contributed by atoms with Crippen LogP contribution >= 0.6 is 11.8 Å². The van der Waals surface area contributed by atoms with Crippen LogP contribution in [0.5, 0.6) is 0 Å². The van der Waals surface area contributed by atoms with E-state index in [9.17, 15) is 14.0 Å². The number of ether oxygens (including phenoxy) is 1. The van der Waals surface area contributed by atoms with Gasteiger partial charge in [-0.15, -0.1) is 0 Å². The summed E-state index contributed by atoms with van der Waals surface area (Å²) in [6.07, 6.45) is 15.1. The SMILES string of the molecule is CN(CC(C1=C/CC/C(F)=C/C=C\1)N(C=O)C1CCN(Cc2ccc(Sc3ccc(C(=O)O)cc3)nc2)CC1)C1CCOCC1. The van der Waals surface area contributed by atoms with Gasteiger partial charge in [0.15, 0.2) is 0 Å². The molecule has 2 fully saturated rings. The van der Waals surface area contributed by atoms with Crippen molar-refractivity contribution < 1.29 is 23.8 Å². The lowest BCUT2D eigenvalue weighted by Crippen LogP contribution is -2.53. The Morgan fingerprint density at radius 1 is 1.13 bits per heavy atom. The van der Waals surface area contributed by atoms with E-state index < -0.39 is 5.97 Å². The van der Waals surface area contributed by atoms with Crippen LogP contribution in [-0.4, -0.2) is 95.2 Å². The summed E-state index contributed by atoms with van der Waals surface area (Å²) in [5, 5.41) is 9.96. The molecule has 0 spiro atoms. The van der Waals surface area contributed by atoms with Gasteiger partial charge in [-0.05, 0) is 86.7 Å². The van der Waals surface area contributed by atoms with E-state index in [1.807, 2.05) is 23.2 Å². The number of carbonyl (C=O) groups excluding carboxylic acids is 1. The van der Waals surface area contributed by atoms with E-state index in [4.69, 9.17) is 9.84 Å². The van der Waals surface area contributed by atoms with E-state index >= 15 is 0 Å². The zero-order valence-electron chi connectivity index (χ0n) is 25.9. The second-order valence-corrected chi connectivity index (χ2v) is 13.1. The molecule has 1 amide bonds. The maximum Gasteiger partial charge on any atom is 0.335 e. The van der Waals surface area contributed by atoms with Gasteiger partial charge < -0.3 is 19.6 Å². The standard InChI is InChI=1S/C35H43FN4O4S/c1-38(30-16-20-44-21-17-30)24-33(27-4-2-6-29(36)7-3-5-27)40(25-41)31-14-18-39(19-15-31)23-26-8-13-34(37-22-26)45-32-11-9-28(10-12-32)35(42)43/h2,4-6,8-13,22,25,30-31,33H,3,7,14-21,23-24H2,1H3,(H,42,43)/b4-2-,27-5+,29-6-. The van der Waals surface area contributed by atoms with Crippen LogP contribution in [0.15, 0.2) is 88.2 Å². The number of amides is 1. The number of benzene rings is 1. The first-order valence-corrected chi connectivity index (χ1v) is 16.6. The molecule has 3 aliphatic rings. The molecule has 2 saturated heterocycles. The summed E-state index contributed by atoms with van der Waals surface area (Å²) in [6.45, 7) is 4.81. The van der Waals surface area contributed by atoms with Gasteiger partial charge in [0.25, 0.3) is 0 Å². The number of hydrogen-bond acceptors (Lipinski definition) is 7. The smallest absolute Gasteiger partial charge is 0.335 e. The number of carbonyl (C=O) groups is 2. The normalized spacial score (nSPS) is 22.4. The van der Waals surface area contributed by atoms with Crippen molar-refractivity contribution in [2.24, 2.45) is 0 Å². The minimum atomic E-state index is -0.935. The van der Waals surface area contributed by atoms with E-state index in [1.54, 1.807) is 30.3 Å². The second kappa shape index (κ2) is 16.3. The third-order valence-electron chi connectivity index (χ3n) is 8.98. The Hall–Kier alpha value is -3.31. The number of hydrogen-bond donors (Lipinski definition) is 1. The molecule has 2 aromatic rings. The van der Waals surface area contributed by atoms with Crippen LogP contribution in [0.2, 0.25) is 0 Å². The number of pyridine rings is 1. The fraction of sp³-hybridized carbons (Fsp3) is 0.457. The molecule has 10 heteroatoms. The van der Waals surface area contributed by atoms with Gasteiger partial charge in [0, 0.05) is 69.0 Å². The molecule has 0 bridgehead atoms. The van der Waals surface area contributed by atoms with E-state index in [0.29, 0.717) is 18.9 Å². The summed E-state index contributed by atoms with van der Waals surface area (Å²) in [4.78, 5) is 36.2. The Kier molecular flexibility index (Phi) is 12.0. The van der Waals surface area contributed by atoms with Gasteiger partial charge in [0.2, 0.25) is 6.41 Å². The molecule has 1 aliphatic carbocycles. The van der Waals surface area contributed by atoms with E-state index in [1.165, 1.54) is 17.8 Å². The topological polar surface area (TPSA) is 86.2 Å². The Morgan fingerprint density at radius 2 is 1.89 bits per heavy atom. The number of aromatic carboxylic acids is 1. The van der Waals surface area contributed by atoms with Gasteiger partial charge in [-0.3, -0.25) is 9.69 Å². The van der Waals surface area contributed by atoms with Crippen molar-refractivity contribution in [3.63, 3.8) is 0 Å². The molecule has 2 aliphatic heterocycles. The highest BCUT2D eigenvalue weighted by Crippen LogP contribution is 2.28. The maximum absolute atomic E-state index is 13.9. The molecule has 240 valence electrons. The van der Waals surface area contributed by atoms with E-state index in [2.05, 4.69) is 34.0 Å². The molecular weight excluding hydrogens is 591 g/mol. The maximum atomic E-state index is 13.9. The van der Waals surface area contributed by atoms with Crippen molar-refractivity contribution in [1.29, 1.82) is 0 Å². The minimum absolute atomic E-state index is 0.104. The first-order chi connectivity index (χ1) is 21.9. The second-order valence-electron chi connectivity index (χ2n) is 12.0. The fourth-order valence-electron chi connectivity index (χ4n) is 6.36. The fourth-order valence-corrected chi connectivity index (χ4v) is 7.11. The van der Waals surface area contributed by atoms with Crippen LogP contribution in [0.25, 0.3) is 0 Å². The molecule has 5 rings (SSSR count). The summed E-state index contributed by atoms with van der Waals surface area (Å²) >= 11 is 1.50. The highest BCUT2D eigenvalue weighted by atomic mass is 32.2. The van der Waals surface area contributed by atoms with Crippen LogP contribution in [-0.2, 0) is 16.1 Å². The predicted octanol–water partition coefficient (Wildman–Crippen LogP) is 5.96. The zero-order valence-corrected chi connectivity index (χ0v) is 26.7. The van der Waals surface area contributed by atoms with Gasteiger partial charge in [0.1, 0.15) is 10.9 Å². The molecule has 1 aromatic carbocycles. The van der Waals surface area contributed by atoms with Crippen LogP contribution in [0.3, 0.4) is 0 Å². The summed E-state index contributed by atoms with van der Waals surface area (Å²) < 4.78 is 19.5. The molecule has 3 heterocycles. The molecule has 8 nitrogen and oxygen atoms in total. The average Bonchev–Trinajstić information content (AvgIpc) is 3.05. The third-order valence-corrected chi connectivity index (χ3v) is 9.94. The molecule has 45 heavy (non-hydrogen) atoms. The van der Waals surface area contributed by atoms with Crippen molar-refractivity contribution in [3.8, 4) is 0 Å². The summed E-state index contributed by atoms with van der Waals surface area (Å²) in [6, 6.07) is 11.3. The van der Waals surface area contributed by atoms with Gasteiger partial charge in [-0.25, -0.2) is 14.2 Å². The predicted molar refractivity (Wildman–Crippen MR) is 174 cm³/mol. The van der Waals surface area contributed by atoms with Crippen molar-refractivity contribution in [3.05, 3.63) is 89.4 Å². The highest BCUT2D eigenvalue weighted by Gasteiger charge is 2.32. The number of carboxylic acids is 1. The van der Waals surface area contributed by atoms with Crippen LogP contribution in [0.1, 0.15) is 54.4 Å². The van der Waals surface area contributed by atoms with Crippen LogP contribution in [0, 0.1) is 0 Å². The number of likely N-dealkylation sites (N-methyl/N-ethyl adjacent to an activating group) is 1. The number of rotatable bonds is 12. The first kappa shape index (κ1) is 33.1. The molecule has 1 aromatic heterocycles. The lowest BCUT2D eigenvalue weighted by atomic mass is 9.95. The van der Waals surface area contributed by atoms with Crippen molar-refractivity contribution >= 4 is 24.1 Å². The number of aromatic nitrogens is 1. The largest absolute Gasteiger partial charge is 0.478 e. The lowest BCUT2D eigenvalue weighted by Gasteiger charge is -2.43. The number of halogens is 1. The highest BCUT2D eigenvalue weighted by molar-refractivity contribution is 7.99. The van der Waals surface area contributed by atoms with Crippen molar-refractivity contribution in [2.75, 3.05) is 39.9 Å². The summed E-state index contributed by atoms with van der Waals surface area (Å²) in [5.74, 6) is -1.05. The first-order valence-electron chi connectivity index (χ1n) is 15.8. The van der Waals surface area contributed by atoms with E-state index in [-0.39, 0.29) is 23.5 Å². The van der Waals surface area contributed by atoms with Gasteiger partial charge in [0.05, 0.1) is 11.6 Å². The van der Waals surface area contributed by atoms with Gasteiger partial charge >= 0.3 is 5.97 Å². The zero-order chi connectivity index (χ0) is 31.6. The average molecular weight is 635 g/mol. The third kappa shape index (κ3) is 9.36. The Labute approximate surface area is 269 Å².